The van der Waals surface area contributed by atoms with Crippen LogP contribution >= 0.6 is 22.6 Å². The maximum absolute atomic E-state index is 14.1. The van der Waals surface area contributed by atoms with E-state index in [0.717, 1.165) is 31.2 Å². The largest absolute Gasteiger partial charge is 0.370 e. The Kier molecular flexibility index (Phi) is 14.6. The van der Waals surface area contributed by atoms with E-state index < -0.39 is 53.7 Å². The Bertz CT molecular complexity index is 1880. The second-order valence-corrected chi connectivity index (χ2v) is 13.6. The number of fused-ring (bicyclic) bond motifs is 1. The van der Waals surface area contributed by atoms with Gasteiger partial charge in [0.2, 0.25) is 29.5 Å². The molecule has 5 amide bonds. The summed E-state index contributed by atoms with van der Waals surface area (Å²) in [7, 11) is 0. The van der Waals surface area contributed by atoms with E-state index in [-0.39, 0.29) is 38.2 Å². The van der Waals surface area contributed by atoms with Crippen LogP contribution in [0.1, 0.15) is 36.5 Å². The van der Waals surface area contributed by atoms with E-state index in [1.807, 2.05) is 54.6 Å². The van der Waals surface area contributed by atoms with Gasteiger partial charge in [-0.15, -0.1) is 0 Å². The average molecular weight is 822 g/mol. The van der Waals surface area contributed by atoms with E-state index in [4.69, 9.17) is 17.2 Å². The van der Waals surface area contributed by atoms with Gasteiger partial charge in [-0.2, -0.15) is 0 Å². The number of aliphatic imine (C=N–C) groups is 1. The van der Waals surface area contributed by atoms with E-state index in [0.29, 0.717) is 6.42 Å². The lowest BCUT2D eigenvalue weighted by molar-refractivity contribution is -0.134. The number of nitrogens with zero attached hydrogens (tertiary/aromatic N) is 1. The van der Waals surface area contributed by atoms with Gasteiger partial charge < -0.3 is 43.5 Å². The number of halogens is 1. The molecule has 15 heteroatoms. The number of para-hydroxylation sites is 1. The molecular weight excluding hydrogens is 777 g/mol. The third kappa shape index (κ3) is 12.1. The van der Waals surface area contributed by atoms with Crippen molar-refractivity contribution in [2.75, 3.05) is 6.54 Å². The van der Waals surface area contributed by atoms with Crippen LogP contribution in [0.2, 0.25) is 0 Å². The molecule has 274 valence electrons. The fraction of sp³-hybridized carbons (Fsp3) is 0.297. The minimum atomic E-state index is -1.16. The van der Waals surface area contributed by atoms with Crippen LogP contribution in [0.4, 0.5) is 0 Å². The first-order valence-corrected chi connectivity index (χ1v) is 17.8. The summed E-state index contributed by atoms with van der Waals surface area (Å²) >= 11 is 2.17. The number of carbonyl (C=O) groups is 5. The van der Waals surface area contributed by atoms with Crippen molar-refractivity contribution in [3.63, 3.8) is 0 Å². The smallest absolute Gasteiger partial charge is 0.243 e. The van der Waals surface area contributed by atoms with Crippen molar-refractivity contribution in [1.29, 1.82) is 0 Å². The molecule has 0 saturated carbocycles. The fourth-order valence-electron chi connectivity index (χ4n) is 5.70. The lowest BCUT2D eigenvalue weighted by Crippen LogP contribution is -2.59. The van der Waals surface area contributed by atoms with Crippen molar-refractivity contribution in [2.45, 2.75) is 63.2 Å². The highest BCUT2D eigenvalue weighted by Gasteiger charge is 2.31. The number of nitrogens with two attached hydrogens (primary N) is 3. The number of carbonyl (C=O) groups excluding carboxylic acids is 5. The van der Waals surface area contributed by atoms with Crippen molar-refractivity contribution < 1.29 is 24.0 Å². The Morgan fingerprint density at radius 1 is 0.692 bits per heavy atom. The molecule has 14 nitrogen and oxygen atoms in total. The highest BCUT2D eigenvalue weighted by molar-refractivity contribution is 14.1. The second kappa shape index (κ2) is 19.2. The van der Waals surface area contributed by atoms with E-state index in [9.17, 15) is 24.0 Å². The normalized spacial score (nSPS) is 13.2. The predicted molar refractivity (Wildman–Crippen MR) is 208 cm³/mol. The van der Waals surface area contributed by atoms with Crippen LogP contribution in [0, 0.1) is 3.57 Å². The van der Waals surface area contributed by atoms with Crippen molar-refractivity contribution in [3.8, 4) is 0 Å². The lowest BCUT2D eigenvalue weighted by Gasteiger charge is -2.26. The predicted octanol–water partition coefficient (Wildman–Crippen LogP) is 1.30. The molecule has 4 aromatic rings. The topological polar surface area (TPSA) is 240 Å². The van der Waals surface area contributed by atoms with Crippen LogP contribution in [-0.2, 0) is 43.2 Å². The number of amides is 5. The molecule has 11 N–H and O–H groups in total. The number of rotatable bonds is 18. The molecule has 0 aliphatic carbocycles. The lowest BCUT2D eigenvalue weighted by atomic mass is 10.0. The monoisotopic (exact) mass is 821 g/mol. The van der Waals surface area contributed by atoms with Gasteiger partial charge in [0.15, 0.2) is 5.96 Å². The summed E-state index contributed by atoms with van der Waals surface area (Å²) in [5, 5.41) is 11.9. The van der Waals surface area contributed by atoms with Crippen LogP contribution in [-0.4, -0.2) is 71.2 Å². The zero-order chi connectivity index (χ0) is 37.6. The van der Waals surface area contributed by atoms with Gasteiger partial charge in [0, 0.05) is 53.4 Å². The van der Waals surface area contributed by atoms with Crippen LogP contribution in [0.15, 0.2) is 90.1 Å². The molecule has 52 heavy (non-hydrogen) atoms. The Labute approximate surface area is 315 Å². The molecule has 4 rings (SSSR count). The van der Waals surface area contributed by atoms with Crippen LogP contribution in [0.5, 0.6) is 0 Å². The van der Waals surface area contributed by atoms with E-state index in [1.165, 1.54) is 6.92 Å². The standard InChI is InChI=1S/C37H44IN9O5/c1-22(48)44-32(20-25-21-43-28-11-6-5-10-27(25)28)36(52)47-31(19-24-13-15-26(38)16-14-24)35(51)45-29(12-7-17-42-37(40)41)34(50)46-30(33(39)49)18-23-8-3-2-4-9-23/h2-6,8-11,13-16,21,29-32,43H,7,12,17-20H2,1H3,(H2,39,49)(H,44,48)(H,45,51)(H,46,50)(H,47,52)(H4,40,41,42)/t29-,30-,31+,32-/m0/s1. The van der Waals surface area contributed by atoms with Gasteiger partial charge in [-0.25, -0.2) is 0 Å². The first-order chi connectivity index (χ1) is 24.9. The molecule has 0 fully saturated rings. The van der Waals surface area contributed by atoms with Crippen molar-refractivity contribution in [2.24, 2.45) is 22.2 Å². The molecule has 0 aliphatic heterocycles. The molecule has 1 heterocycles. The Hall–Kier alpha value is -5.45. The summed E-state index contributed by atoms with van der Waals surface area (Å²) in [5.74, 6) is -3.17. The first kappa shape index (κ1) is 39.3. The second-order valence-electron chi connectivity index (χ2n) is 12.4. The number of aromatic amines is 1. The summed E-state index contributed by atoms with van der Waals surface area (Å²) in [5.41, 5.74) is 19.8. The molecule has 3 aromatic carbocycles. The molecule has 0 radical (unpaired) electrons. The van der Waals surface area contributed by atoms with Gasteiger partial charge in [0.05, 0.1) is 0 Å². The number of hydrogen-bond acceptors (Lipinski definition) is 6. The molecule has 0 saturated heterocycles. The summed E-state index contributed by atoms with van der Waals surface area (Å²) in [6, 6.07) is 19.7. The van der Waals surface area contributed by atoms with Crippen LogP contribution < -0.4 is 38.5 Å². The number of guanidine groups is 1. The SMILES string of the molecule is CC(=O)N[C@@H](Cc1c[nH]c2ccccc12)C(=O)N[C@H](Cc1ccc(I)cc1)C(=O)N[C@@H](CCCN=C(N)N)C(=O)N[C@@H](Cc1ccccc1)C(N)=O. The van der Waals surface area contributed by atoms with Crippen molar-refractivity contribution in [1.82, 2.24) is 26.3 Å². The van der Waals surface area contributed by atoms with E-state index >= 15 is 0 Å². The minimum absolute atomic E-state index is 0.0780. The first-order valence-electron chi connectivity index (χ1n) is 16.8. The molecule has 0 aliphatic rings. The van der Waals surface area contributed by atoms with Crippen molar-refractivity contribution >= 4 is 69.0 Å². The van der Waals surface area contributed by atoms with Gasteiger partial charge >= 0.3 is 0 Å². The maximum atomic E-state index is 14.1. The van der Waals surface area contributed by atoms with Crippen molar-refractivity contribution in [3.05, 3.63) is 105 Å². The van der Waals surface area contributed by atoms with Gasteiger partial charge in [0.25, 0.3) is 0 Å². The van der Waals surface area contributed by atoms with Gasteiger partial charge in [0.1, 0.15) is 24.2 Å². The molecule has 0 spiro atoms. The van der Waals surface area contributed by atoms with Gasteiger partial charge in [-0.3, -0.25) is 29.0 Å². The van der Waals surface area contributed by atoms with Gasteiger partial charge in [-0.05, 0) is 70.3 Å². The summed E-state index contributed by atoms with van der Waals surface area (Å²) < 4.78 is 0.979. The zero-order valence-corrected chi connectivity index (χ0v) is 30.9. The molecule has 0 bridgehead atoms. The number of H-pyrrole nitrogens is 1. The van der Waals surface area contributed by atoms with Crippen LogP contribution in [0.25, 0.3) is 10.9 Å². The number of nitrogens with one attached hydrogen (secondary N) is 5. The Morgan fingerprint density at radius 3 is 1.90 bits per heavy atom. The maximum Gasteiger partial charge on any atom is 0.243 e. The Morgan fingerprint density at radius 2 is 1.25 bits per heavy atom. The van der Waals surface area contributed by atoms with Gasteiger partial charge in [-0.1, -0.05) is 60.7 Å². The quantitative estimate of drug-likeness (QED) is 0.0317. The molecule has 0 unspecified atom stereocenters. The zero-order valence-electron chi connectivity index (χ0n) is 28.7. The summed E-state index contributed by atoms with van der Waals surface area (Å²) in [6.45, 7) is 1.49. The fourth-order valence-corrected chi connectivity index (χ4v) is 6.06. The third-order valence-electron chi connectivity index (χ3n) is 8.30. The average Bonchev–Trinajstić information content (AvgIpc) is 3.52. The highest BCUT2D eigenvalue weighted by Crippen LogP contribution is 2.19. The van der Waals surface area contributed by atoms with E-state index in [1.54, 1.807) is 30.5 Å². The minimum Gasteiger partial charge on any atom is -0.370 e. The third-order valence-corrected chi connectivity index (χ3v) is 9.02. The summed E-state index contributed by atoms with van der Waals surface area (Å²) in [6.07, 6.45) is 2.56. The van der Waals surface area contributed by atoms with Crippen LogP contribution in [0.3, 0.4) is 0 Å². The molecule has 1 aromatic heterocycles. The number of aromatic nitrogens is 1. The molecule has 4 atom stereocenters. The number of hydrogen-bond donors (Lipinski definition) is 8. The number of benzene rings is 3. The number of primary amides is 1. The Balaban J connectivity index is 1.58. The highest BCUT2D eigenvalue weighted by atomic mass is 127. The van der Waals surface area contributed by atoms with E-state index in [2.05, 4.69) is 53.8 Å². The molecular formula is C37H44IN9O5. The summed E-state index contributed by atoms with van der Waals surface area (Å²) in [4.78, 5) is 73.5.